The molecule has 0 unspecified atom stereocenters. The number of aryl methyl sites for hydroxylation is 3. The predicted octanol–water partition coefficient (Wildman–Crippen LogP) is 4.50. The molecule has 0 radical (unpaired) electrons. The maximum Gasteiger partial charge on any atom is 0.329 e. The third-order valence-electron chi connectivity index (χ3n) is 5.47. The van der Waals surface area contributed by atoms with Crippen molar-refractivity contribution in [2.75, 3.05) is 31.5 Å². The average Bonchev–Trinajstić information content (AvgIpc) is 2.90. The summed E-state index contributed by atoms with van der Waals surface area (Å²) >= 11 is 3.42. The molecular formula is C28H29BrN4O6. The molecule has 0 bridgehead atoms. The molecule has 3 amide bonds. The molecule has 0 aliphatic heterocycles. The summed E-state index contributed by atoms with van der Waals surface area (Å²) in [7, 11) is 2.99. The number of hydrazone groups is 1. The Morgan fingerprint density at radius 1 is 0.897 bits per heavy atom. The Morgan fingerprint density at radius 2 is 1.56 bits per heavy atom. The van der Waals surface area contributed by atoms with Gasteiger partial charge >= 0.3 is 11.8 Å². The van der Waals surface area contributed by atoms with Gasteiger partial charge in [0, 0.05) is 11.4 Å². The fourth-order valence-electron chi connectivity index (χ4n) is 3.72. The largest absolute Gasteiger partial charge is 0.497 e. The summed E-state index contributed by atoms with van der Waals surface area (Å²) in [4.78, 5) is 36.8. The molecule has 0 saturated heterocycles. The first kappa shape index (κ1) is 29.2. The predicted molar refractivity (Wildman–Crippen MR) is 153 cm³/mol. The number of ether oxygens (including phenoxy) is 3. The highest BCUT2D eigenvalue weighted by atomic mass is 79.9. The number of halogens is 1. The number of anilines is 2. The van der Waals surface area contributed by atoms with Gasteiger partial charge < -0.3 is 24.8 Å². The van der Waals surface area contributed by atoms with E-state index in [9.17, 15) is 14.4 Å². The molecule has 11 heteroatoms. The zero-order valence-corrected chi connectivity index (χ0v) is 23.8. The van der Waals surface area contributed by atoms with Gasteiger partial charge in [-0.15, -0.1) is 0 Å². The lowest BCUT2D eigenvalue weighted by Crippen LogP contribution is -2.32. The lowest BCUT2D eigenvalue weighted by Gasteiger charge is -2.15. The van der Waals surface area contributed by atoms with E-state index in [2.05, 4.69) is 37.1 Å². The van der Waals surface area contributed by atoms with Crippen LogP contribution in [0, 0.1) is 20.8 Å². The van der Waals surface area contributed by atoms with Crippen molar-refractivity contribution in [3.8, 4) is 17.2 Å². The van der Waals surface area contributed by atoms with Crippen molar-refractivity contribution in [3.05, 3.63) is 75.3 Å². The number of hydrogen-bond acceptors (Lipinski definition) is 7. The van der Waals surface area contributed by atoms with Crippen LogP contribution >= 0.6 is 15.9 Å². The molecule has 0 heterocycles. The number of amides is 3. The second-order valence-corrected chi connectivity index (χ2v) is 9.38. The van der Waals surface area contributed by atoms with Gasteiger partial charge in [0.15, 0.2) is 18.1 Å². The number of methoxy groups -OCH3 is 2. The molecule has 3 aromatic carbocycles. The SMILES string of the molecule is COc1ccc(NC(=O)C(=O)N/N=C\c2cc(Br)c(OCC(=O)Nc3c(C)cc(C)cc3C)c(OC)c2)cc1. The minimum absolute atomic E-state index is 0.242. The van der Waals surface area contributed by atoms with Crippen molar-refractivity contribution in [1.29, 1.82) is 0 Å². The fraction of sp³-hybridized carbons (Fsp3) is 0.214. The number of hydrogen-bond donors (Lipinski definition) is 3. The van der Waals surface area contributed by atoms with Gasteiger partial charge in [-0.25, -0.2) is 5.43 Å². The van der Waals surface area contributed by atoms with E-state index in [1.807, 2.05) is 32.9 Å². The third kappa shape index (κ3) is 8.05. The summed E-state index contributed by atoms with van der Waals surface area (Å²) in [6, 6.07) is 13.8. The first-order chi connectivity index (χ1) is 18.6. The minimum Gasteiger partial charge on any atom is -0.497 e. The van der Waals surface area contributed by atoms with E-state index in [0.29, 0.717) is 33.0 Å². The lowest BCUT2D eigenvalue weighted by atomic mass is 10.1. The highest BCUT2D eigenvalue weighted by Crippen LogP contribution is 2.36. The molecule has 3 aromatic rings. The molecule has 204 valence electrons. The van der Waals surface area contributed by atoms with Crippen molar-refractivity contribution in [1.82, 2.24) is 5.43 Å². The second kappa shape index (κ2) is 13.4. The molecule has 0 aliphatic rings. The van der Waals surface area contributed by atoms with E-state index in [0.717, 1.165) is 22.4 Å². The molecule has 0 saturated carbocycles. The Labute approximate surface area is 234 Å². The van der Waals surface area contributed by atoms with Crippen LogP contribution in [0.4, 0.5) is 11.4 Å². The Balaban J connectivity index is 1.59. The Bertz CT molecular complexity index is 1380. The molecule has 0 aromatic heterocycles. The monoisotopic (exact) mass is 596 g/mol. The first-order valence-electron chi connectivity index (χ1n) is 11.8. The van der Waals surface area contributed by atoms with Crippen LogP contribution in [-0.4, -0.2) is 44.8 Å². The number of carbonyl (C=O) groups is 3. The Morgan fingerprint density at radius 3 is 2.18 bits per heavy atom. The Kier molecular flexibility index (Phi) is 10.0. The van der Waals surface area contributed by atoms with Gasteiger partial charge in [-0.2, -0.15) is 5.10 Å². The van der Waals surface area contributed by atoms with Gasteiger partial charge in [-0.05, 0) is 89.8 Å². The Hall–Kier alpha value is -4.38. The summed E-state index contributed by atoms with van der Waals surface area (Å²) in [5, 5.41) is 9.19. The number of rotatable bonds is 9. The van der Waals surface area contributed by atoms with E-state index in [1.54, 1.807) is 36.4 Å². The summed E-state index contributed by atoms with van der Waals surface area (Å²) < 4.78 is 16.7. The summed E-state index contributed by atoms with van der Waals surface area (Å²) in [5.74, 6) is -0.863. The van der Waals surface area contributed by atoms with Crippen molar-refractivity contribution in [3.63, 3.8) is 0 Å². The van der Waals surface area contributed by atoms with E-state index >= 15 is 0 Å². The van der Waals surface area contributed by atoms with Gasteiger partial charge in [0.1, 0.15) is 5.75 Å². The van der Waals surface area contributed by atoms with Gasteiger partial charge in [-0.3, -0.25) is 14.4 Å². The molecule has 0 spiro atoms. The topological polar surface area (TPSA) is 127 Å². The van der Waals surface area contributed by atoms with Crippen molar-refractivity contribution in [2.45, 2.75) is 20.8 Å². The summed E-state index contributed by atoms with van der Waals surface area (Å²) in [6.45, 7) is 5.63. The van der Waals surface area contributed by atoms with Gasteiger partial charge in [0.2, 0.25) is 0 Å². The van der Waals surface area contributed by atoms with Gasteiger partial charge in [-0.1, -0.05) is 17.7 Å². The van der Waals surface area contributed by atoms with E-state index < -0.39 is 11.8 Å². The zero-order chi connectivity index (χ0) is 28.5. The molecule has 10 nitrogen and oxygen atoms in total. The third-order valence-corrected chi connectivity index (χ3v) is 6.06. The molecular weight excluding hydrogens is 568 g/mol. The van der Waals surface area contributed by atoms with Crippen LogP contribution in [0.15, 0.2) is 58.1 Å². The number of carbonyl (C=O) groups excluding carboxylic acids is 3. The summed E-state index contributed by atoms with van der Waals surface area (Å²) in [6.07, 6.45) is 1.34. The highest BCUT2D eigenvalue weighted by Gasteiger charge is 2.16. The average molecular weight is 597 g/mol. The van der Waals surface area contributed by atoms with Gasteiger partial charge in [0.25, 0.3) is 5.91 Å². The van der Waals surface area contributed by atoms with Crippen LogP contribution in [0.2, 0.25) is 0 Å². The van der Waals surface area contributed by atoms with Crippen LogP contribution in [0.3, 0.4) is 0 Å². The fourth-order valence-corrected chi connectivity index (χ4v) is 4.30. The van der Waals surface area contributed by atoms with Crippen molar-refractivity contribution < 1.29 is 28.6 Å². The van der Waals surface area contributed by atoms with E-state index in [4.69, 9.17) is 14.2 Å². The molecule has 39 heavy (non-hydrogen) atoms. The van der Waals surface area contributed by atoms with Crippen LogP contribution in [-0.2, 0) is 14.4 Å². The van der Waals surface area contributed by atoms with E-state index in [-0.39, 0.29) is 12.5 Å². The highest BCUT2D eigenvalue weighted by molar-refractivity contribution is 9.10. The first-order valence-corrected chi connectivity index (χ1v) is 12.6. The summed E-state index contributed by atoms with van der Waals surface area (Å²) in [5.41, 5.74) is 6.95. The zero-order valence-electron chi connectivity index (χ0n) is 22.2. The molecule has 0 atom stereocenters. The molecule has 3 N–H and O–H groups in total. The van der Waals surface area contributed by atoms with E-state index in [1.165, 1.54) is 20.4 Å². The normalized spacial score (nSPS) is 10.6. The number of nitrogens with one attached hydrogen (secondary N) is 3. The van der Waals surface area contributed by atoms with Crippen LogP contribution in [0.5, 0.6) is 17.2 Å². The lowest BCUT2D eigenvalue weighted by molar-refractivity contribution is -0.136. The molecule has 3 rings (SSSR count). The smallest absolute Gasteiger partial charge is 0.329 e. The maximum absolute atomic E-state index is 12.6. The molecule has 0 aliphatic carbocycles. The maximum atomic E-state index is 12.6. The van der Waals surface area contributed by atoms with Crippen LogP contribution < -0.4 is 30.3 Å². The number of nitrogens with zero attached hydrogens (tertiary/aromatic N) is 1. The quantitative estimate of drug-likeness (QED) is 0.190. The second-order valence-electron chi connectivity index (χ2n) is 8.53. The molecule has 0 fully saturated rings. The van der Waals surface area contributed by atoms with Crippen molar-refractivity contribution in [2.24, 2.45) is 5.10 Å². The van der Waals surface area contributed by atoms with Crippen molar-refractivity contribution >= 4 is 51.2 Å². The number of benzene rings is 3. The van der Waals surface area contributed by atoms with Crippen LogP contribution in [0.1, 0.15) is 22.3 Å². The minimum atomic E-state index is -0.946. The van der Waals surface area contributed by atoms with Crippen LogP contribution in [0.25, 0.3) is 0 Å². The standard InChI is InChI=1S/C28H29BrN4O6/c1-16-10-17(2)25(18(3)11-16)32-24(34)15-39-26-22(29)12-19(13-23(26)38-5)14-30-33-28(36)27(35)31-20-6-8-21(37-4)9-7-20/h6-14H,15H2,1-5H3,(H,31,35)(H,32,34)(H,33,36)/b30-14-. The van der Waals surface area contributed by atoms with Gasteiger partial charge in [0.05, 0.1) is 24.9 Å².